The maximum atomic E-state index is 13.1. The number of phenolic OH excluding ortho intramolecular Hbond substituents is 3. The Kier molecular flexibility index (Phi) is 18.0. The third kappa shape index (κ3) is 12.8. The van der Waals surface area contributed by atoms with Crippen molar-refractivity contribution in [3.05, 3.63) is 86.5 Å². The first-order chi connectivity index (χ1) is 28.6. The molecule has 0 saturated carbocycles. The van der Waals surface area contributed by atoms with E-state index < -0.39 is 75.5 Å². The molecule has 1 aliphatic rings. The quantitative estimate of drug-likeness (QED) is 0.0717. The highest BCUT2D eigenvalue weighted by Crippen LogP contribution is 2.30. The zero-order valence-corrected chi connectivity index (χ0v) is 34.4. The molecule has 0 spiro atoms. The van der Waals surface area contributed by atoms with E-state index in [9.17, 15) is 60.3 Å². The molecule has 1 aliphatic heterocycles. The van der Waals surface area contributed by atoms with Gasteiger partial charge in [-0.2, -0.15) is 0 Å². The molecule has 0 bridgehead atoms. The van der Waals surface area contributed by atoms with E-state index in [1.165, 1.54) is 18.2 Å². The summed E-state index contributed by atoms with van der Waals surface area (Å²) in [6.07, 6.45) is 0. The largest absolute Gasteiger partial charge is 0.507 e. The molecule has 1 fully saturated rings. The van der Waals surface area contributed by atoms with Crippen molar-refractivity contribution < 1.29 is 60.3 Å². The minimum Gasteiger partial charge on any atom is -0.507 e. The summed E-state index contributed by atoms with van der Waals surface area (Å²) in [5.41, 5.74) is 3.46. The highest BCUT2D eigenvalue weighted by atomic mass is 16.3. The number of hydrogen-bond acceptors (Lipinski definition) is 15. The smallest absolute Gasteiger partial charge is 0.255 e. The van der Waals surface area contributed by atoms with E-state index in [0.717, 1.165) is 0 Å². The van der Waals surface area contributed by atoms with Gasteiger partial charge in [-0.1, -0.05) is 18.2 Å². The molecule has 12 N–H and O–H groups in total. The molecule has 1 heterocycles. The van der Waals surface area contributed by atoms with Gasteiger partial charge in [-0.3, -0.25) is 29.1 Å². The fourth-order valence-electron chi connectivity index (χ4n) is 7.06. The number of carbonyl (C=O) groups is 3. The minimum absolute atomic E-state index is 0.0115. The SMILES string of the molecule is Cc1cc(CN2CCN(Cc3cc(C)cc(C(=O)NC(CO)CO)c3O)CCN(Cc3cc(C)cc(C(=O)NC(CO)CO)c3O)CC2)c(O)c(C(=O)NC(CO)CO)c1. The number of aliphatic hydroxyl groups is 6. The molecule has 3 aromatic carbocycles. The number of aromatic hydroxyl groups is 3. The standard InChI is InChI=1S/C42H60N6O12/c1-25-10-28(37(55)34(13-25)40(58)43-31(19-49)20-50)16-46-4-6-47(17-29-11-26(2)14-35(38(29)56)41(59)44-32(21-51)22-52)8-9-48(7-5-46)18-30-12-27(3)15-36(39(30)57)42(60)45-33(23-53)24-54/h10-15,31-33,49-57H,4-9,16-24H2,1-3H3,(H,43,58)(H,44,59)(H,45,60). The normalized spacial score (nSPS) is 14.6. The van der Waals surface area contributed by atoms with Gasteiger partial charge in [0.2, 0.25) is 0 Å². The number of carbonyl (C=O) groups excluding carboxylic acids is 3. The van der Waals surface area contributed by atoms with E-state index in [1.807, 2.05) is 0 Å². The van der Waals surface area contributed by atoms with Crippen LogP contribution in [-0.4, -0.2) is 175 Å². The van der Waals surface area contributed by atoms with Crippen molar-refractivity contribution in [2.75, 3.05) is 78.9 Å². The molecule has 330 valence electrons. The first-order valence-electron chi connectivity index (χ1n) is 19.9. The van der Waals surface area contributed by atoms with Crippen molar-refractivity contribution >= 4 is 17.7 Å². The molecule has 18 heteroatoms. The third-order valence-corrected chi connectivity index (χ3v) is 10.4. The van der Waals surface area contributed by atoms with Crippen LogP contribution in [0.1, 0.15) is 64.5 Å². The summed E-state index contributed by atoms with van der Waals surface area (Å²) < 4.78 is 0. The number of nitrogens with zero attached hydrogens (tertiary/aromatic N) is 3. The van der Waals surface area contributed by atoms with Crippen molar-refractivity contribution in [2.24, 2.45) is 0 Å². The maximum Gasteiger partial charge on any atom is 0.255 e. The lowest BCUT2D eigenvalue weighted by molar-refractivity contribution is 0.0870. The first-order valence-corrected chi connectivity index (χ1v) is 19.9. The summed E-state index contributed by atoms with van der Waals surface area (Å²) in [5.74, 6) is -2.72. The summed E-state index contributed by atoms with van der Waals surface area (Å²) >= 11 is 0. The highest BCUT2D eigenvalue weighted by Gasteiger charge is 2.26. The zero-order valence-electron chi connectivity index (χ0n) is 34.4. The molecule has 0 aromatic heterocycles. The lowest BCUT2D eigenvalue weighted by Crippen LogP contribution is -2.40. The fraction of sp³-hybridized carbons (Fsp3) is 0.500. The molecule has 3 amide bonds. The van der Waals surface area contributed by atoms with Crippen LogP contribution in [-0.2, 0) is 19.6 Å². The monoisotopic (exact) mass is 840 g/mol. The lowest BCUT2D eigenvalue weighted by Gasteiger charge is -2.27. The van der Waals surface area contributed by atoms with E-state index in [1.54, 1.807) is 39.0 Å². The Hall–Kier alpha value is -4.89. The van der Waals surface area contributed by atoms with E-state index in [0.29, 0.717) is 72.6 Å². The molecule has 0 aliphatic carbocycles. The first kappa shape index (κ1) is 47.8. The van der Waals surface area contributed by atoms with Gasteiger partial charge in [0.15, 0.2) is 0 Å². The van der Waals surface area contributed by atoms with Crippen LogP contribution < -0.4 is 16.0 Å². The van der Waals surface area contributed by atoms with E-state index in [4.69, 9.17) is 0 Å². The van der Waals surface area contributed by atoms with Crippen LogP contribution in [0, 0.1) is 20.8 Å². The average Bonchev–Trinajstić information content (AvgIpc) is 3.31. The summed E-state index contributed by atoms with van der Waals surface area (Å²) in [6.45, 7) is 5.82. The second-order valence-corrected chi connectivity index (χ2v) is 15.4. The Balaban J connectivity index is 1.68. The van der Waals surface area contributed by atoms with Crippen LogP contribution in [0.4, 0.5) is 0 Å². The van der Waals surface area contributed by atoms with Crippen molar-refractivity contribution in [2.45, 2.75) is 58.5 Å². The summed E-state index contributed by atoms with van der Waals surface area (Å²) in [4.78, 5) is 45.6. The van der Waals surface area contributed by atoms with Gasteiger partial charge in [0, 0.05) is 75.6 Å². The number of amides is 3. The van der Waals surface area contributed by atoms with E-state index >= 15 is 0 Å². The van der Waals surface area contributed by atoms with Gasteiger partial charge in [0.05, 0.1) is 74.5 Å². The highest BCUT2D eigenvalue weighted by molar-refractivity contribution is 5.99. The third-order valence-electron chi connectivity index (χ3n) is 10.4. The van der Waals surface area contributed by atoms with Crippen molar-refractivity contribution in [3.8, 4) is 17.2 Å². The van der Waals surface area contributed by atoms with E-state index in [-0.39, 0.29) is 53.6 Å². The number of aliphatic hydroxyl groups excluding tert-OH is 6. The van der Waals surface area contributed by atoms with Crippen molar-refractivity contribution in [3.63, 3.8) is 0 Å². The number of phenols is 3. The lowest BCUT2D eigenvalue weighted by atomic mass is 10.0. The van der Waals surface area contributed by atoms with Crippen molar-refractivity contribution in [1.29, 1.82) is 0 Å². The van der Waals surface area contributed by atoms with Crippen LogP contribution in [0.15, 0.2) is 36.4 Å². The van der Waals surface area contributed by atoms with Gasteiger partial charge in [0.25, 0.3) is 17.7 Å². The summed E-state index contributed by atoms with van der Waals surface area (Å²) in [7, 11) is 0. The topological polar surface area (TPSA) is 279 Å². The molecule has 60 heavy (non-hydrogen) atoms. The Morgan fingerprint density at radius 3 is 0.867 bits per heavy atom. The maximum absolute atomic E-state index is 13.1. The van der Waals surface area contributed by atoms with Crippen LogP contribution in [0.3, 0.4) is 0 Å². The van der Waals surface area contributed by atoms with Gasteiger partial charge in [-0.05, 0) is 55.7 Å². The Labute approximate surface area is 349 Å². The van der Waals surface area contributed by atoms with Gasteiger partial charge < -0.3 is 61.9 Å². The fourth-order valence-corrected chi connectivity index (χ4v) is 7.06. The van der Waals surface area contributed by atoms with Gasteiger partial charge in [-0.15, -0.1) is 0 Å². The molecule has 1 saturated heterocycles. The Morgan fingerprint density at radius 2 is 0.667 bits per heavy atom. The second kappa shape index (κ2) is 22.6. The van der Waals surface area contributed by atoms with Gasteiger partial charge >= 0.3 is 0 Å². The van der Waals surface area contributed by atoms with Gasteiger partial charge in [0.1, 0.15) is 17.2 Å². The van der Waals surface area contributed by atoms with E-state index in [2.05, 4.69) is 30.7 Å². The molecule has 4 rings (SSSR count). The van der Waals surface area contributed by atoms with Crippen LogP contribution >= 0.6 is 0 Å². The minimum atomic E-state index is -0.913. The molecule has 0 radical (unpaired) electrons. The molecule has 3 aromatic rings. The number of nitrogens with one attached hydrogen (secondary N) is 3. The predicted octanol–water partition coefficient (Wildman–Crippen LogP) is -1.20. The van der Waals surface area contributed by atoms with Crippen LogP contribution in [0.5, 0.6) is 17.2 Å². The van der Waals surface area contributed by atoms with Crippen LogP contribution in [0.2, 0.25) is 0 Å². The molecular formula is C42H60N6O12. The van der Waals surface area contributed by atoms with Crippen LogP contribution in [0.25, 0.3) is 0 Å². The number of aryl methyl sites for hydroxylation is 3. The molecule has 0 unspecified atom stereocenters. The summed E-state index contributed by atoms with van der Waals surface area (Å²) in [6, 6.07) is 7.15. The molecular weight excluding hydrogens is 780 g/mol. The number of benzene rings is 3. The van der Waals surface area contributed by atoms with Gasteiger partial charge in [-0.25, -0.2) is 0 Å². The second-order valence-electron chi connectivity index (χ2n) is 15.4. The molecule has 18 nitrogen and oxygen atoms in total. The predicted molar refractivity (Wildman–Crippen MR) is 221 cm³/mol. The Bertz CT molecular complexity index is 1710. The zero-order chi connectivity index (χ0) is 44.1. The summed E-state index contributed by atoms with van der Waals surface area (Å²) in [5, 5.41) is 98.7. The average molecular weight is 841 g/mol. The number of rotatable bonds is 18. The molecule has 0 atom stereocenters. The Morgan fingerprint density at radius 1 is 0.450 bits per heavy atom. The van der Waals surface area contributed by atoms with Crippen molar-refractivity contribution in [1.82, 2.24) is 30.7 Å². The number of hydrogen-bond donors (Lipinski definition) is 12.